The van der Waals surface area contributed by atoms with Crippen LogP contribution in [-0.4, -0.2) is 37.1 Å². The molecule has 1 heterocycles. The van der Waals surface area contributed by atoms with Crippen molar-refractivity contribution in [3.8, 4) is 0 Å². The van der Waals surface area contributed by atoms with Gasteiger partial charge in [-0.1, -0.05) is 48.9 Å². The van der Waals surface area contributed by atoms with Crippen molar-refractivity contribution in [2.24, 2.45) is 0 Å². The zero-order valence-corrected chi connectivity index (χ0v) is 15.2. The number of rotatable bonds is 4. The van der Waals surface area contributed by atoms with E-state index < -0.39 is 0 Å². The molecule has 0 unspecified atom stereocenters. The van der Waals surface area contributed by atoms with Crippen LogP contribution in [-0.2, 0) is 13.0 Å². The second kappa shape index (κ2) is 8.06. The SMILES string of the molecule is CCc1ccc(N2CCN(C(=O)NCc3cccc(C)c3)CC2)cc1. The number of nitrogens with zero attached hydrogens (tertiary/aromatic N) is 2. The lowest BCUT2D eigenvalue weighted by molar-refractivity contribution is 0.194. The van der Waals surface area contributed by atoms with Crippen molar-refractivity contribution in [2.45, 2.75) is 26.8 Å². The first-order valence-electron chi connectivity index (χ1n) is 9.08. The second-order valence-corrected chi connectivity index (χ2v) is 6.64. The maximum atomic E-state index is 12.4. The monoisotopic (exact) mass is 337 g/mol. The van der Waals surface area contributed by atoms with Crippen molar-refractivity contribution in [2.75, 3.05) is 31.1 Å². The summed E-state index contributed by atoms with van der Waals surface area (Å²) in [4.78, 5) is 16.6. The summed E-state index contributed by atoms with van der Waals surface area (Å²) in [5.74, 6) is 0. The van der Waals surface area contributed by atoms with E-state index in [1.165, 1.54) is 16.8 Å². The van der Waals surface area contributed by atoms with Crippen molar-refractivity contribution in [1.82, 2.24) is 10.2 Å². The van der Waals surface area contributed by atoms with Crippen LogP contribution in [0.15, 0.2) is 48.5 Å². The quantitative estimate of drug-likeness (QED) is 0.925. The van der Waals surface area contributed by atoms with Gasteiger partial charge in [-0.25, -0.2) is 4.79 Å². The molecule has 0 aliphatic carbocycles. The summed E-state index contributed by atoms with van der Waals surface area (Å²) in [6, 6.07) is 17.0. The Bertz CT molecular complexity index is 703. The number of carbonyl (C=O) groups is 1. The molecular weight excluding hydrogens is 310 g/mol. The molecule has 1 aliphatic heterocycles. The Hall–Kier alpha value is -2.49. The largest absolute Gasteiger partial charge is 0.368 e. The molecule has 0 saturated carbocycles. The molecule has 1 fully saturated rings. The summed E-state index contributed by atoms with van der Waals surface area (Å²) in [5.41, 5.74) is 4.97. The molecule has 4 heteroatoms. The van der Waals surface area contributed by atoms with Gasteiger partial charge < -0.3 is 15.1 Å². The Labute approximate surface area is 150 Å². The number of aryl methyl sites for hydroxylation is 2. The minimum Gasteiger partial charge on any atom is -0.368 e. The fourth-order valence-electron chi connectivity index (χ4n) is 3.22. The van der Waals surface area contributed by atoms with Crippen LogP contribution in [0.25, 0.3) is 0 Å². The fraction of sp³-hybridized carbons (Fsp3) is 0.381. The third-order valence-corrected chi connectivity index (χ3v) is 4.80. The number of urea groups is 1. The minimum atomic E-state index is 0.0301. The van der Waals surface area contributed by atoms with E-state index in [9.17, 15) is 4.79 Å². The molecule has 2 aromatic rings. The van der Waals surface area contributed by atoms with Crippen molar-refractivity contribution in [3.63, 3.8) is 0 Å². The maximum absolute atomic E-state index is 12.4. The van der Waals surface area contributed by atoms with E-state index in [0.717, 1.165) is 38.2 Å². The molecule has 2 aromatic carbocycles. The number of hydrogen-bond acceptors (Lipinski definition) is 2. The third kappa shape index (κ3) is 4.53. The van der Waals surface area contributed by atoms with Crippen molar-refractivity contribution in [1.29, 1.82) is 0 Å². The number of piperazine rings is 1. The van der Waals surface area contributed by atoms with Gasteiger partial charge in [-0.2, -0.15) is 0 Å². The van der Waals surface area contributed by atoms with Gasteiger partial charge in [-0.3, -0.25) is 0 Å². The molecule has 0 spiro atoms. The molecule has 3 rings (SSSR count). The first-order chi connectivity index (χ1) is 12.2. The zero-order chi connectivity index (χ0) is 17.6. The molecule has 0 aromatic heterocycles. The first kappa shape index (κ1) is 17.3. The summed E-state index contributed by atoms with van der Waals surface area (Å²) in [6.45, 7) is 8.09. The Morgan fingerprint density at radius 2 is 1.72 bits per heavy atom. The highest BCUT2D eigenvalue weighted by Gasteiger charge is 2.21. The van der Waals surface area contributed by atoms with Gasteiger partial charge in [-0.05, 0) is 36.6 Å². The summed E-state index contributed by atoms with van der Waals surface area (Å²) < 4.78 is 0. The lowest BCUT2D eigenvalue weighted by atomic mass is 10.1. The van der Waals surface area contributed by atoms with Gasteiger partial charge in [0.2, 0.25) is 0 Å². The van der Waals surface area contributed by atoms with Crippen LogP contribution in [0.2, 0.25) is 0 Å². The highest BCUT2D eigenvalue weighted by Crippen LogP contribution is 2.17. The Balaban J connectivity index is 1.48. The first-order valence-corrected chi connectivity index (χ1v) is 9.08. The average molecular weight is 337 g/mol. The van der Waals surface area contributed by atoms with Crippen molar-refractivity contribution in [3.05, 3.63) is 65.2 Å². The summed E-state index contributed by atoms with van der Waals surface area (Å²) in [6.07, 6.45) is 1.06. The van der Waals surface area contributed by atoms with Gasteiger partial charge in [0.1, 0.15) is 0 Å². The Morgan fingerprint density at radius 3 is 2.36 bits per heavy atom. The van der Waals surface area contributed by atoms with Gasteiger partial charge in [0.25, 0.3) is 0 Å². The highest BCUT2D eigenvalue weighted by molar-refractivity contribution is 5.74. The summed E-state index contributed by atoms with van der Waals surface area (Å²) in [5, 5.41) is 3.03. The molecular formula is C21H27N3O. The highest BCUT2D eigenvalue weighted by atomic mass is 16.2. The maximum Gasteiger partial charge on any atom is 0.317 e. The average Bonchev–Trinajstić information content (AvgIpc) is 2.66. The summed E-state index contributed by atoms with van der Waals surface area (Å²) in [7, 11) is 0. The van der Waals surface area contributed by atoms with E-state index >= 15 is 0 Å². The predicted molar refractivity (Wildman–Crippen MR) is 103 cm³/mol. The van der Waals surface area contributed by atoms with Crippen molar-refractivity contribution >= 4 is 11.7 Å². The van der Waals surface area contributed by atoms with Crippen LogP contribution < -0.4 is 10.2 Å². The number of nitrogens with one attached hydrogen (secondary N) is 1. The van der Waals surface area contributed by atoms with E-state index in [4.69, 9.17) is 0 Å². The zero-order valence-electron chi connectivity index (χ0n) is 15.2. The number of carbonyl (C=O) groups excluding carboxylic acids is 1. The molecule has 2 amide bonds. The predicted octanol–water partition coefficient (Wildman–Crippen LogP) is 3.59. The van der Waals surface area contributed by atoms with Gasteiger partial charge in [0, 0.05) is 38.4 Å². The van der Waals surface area contributed by atoms with Gasteiger partial charge in [0.15, 0.2) is 0 Å². The number of anilines is 1. The topological polar surface area (TPSA) is 35.6 Å². The molecule has 4 nitrogen and oxygen atoms in total. The van der Waals surface area contributed by atoms with Crippen LogP contribution in [0.3, 0.4) is 0 Å². The minimum absolute atomic E-state index is 0.0301. The molecule has 1 saturated heterocycles. The Morgan fingerprint density at radius 1 is 1.00 bits per heavy atom. The lowest BCUT2D eigenvalue weighted by Crippen LogP contribution is -2.51. The second-order valence-electron chi connectivity index (χ2n) is 6.64. The number of hydrogen-bond donors (Lipinski definition) is 1. The van der Waals surface area contributed by atoms with Crippen LogP contribution >= 0.6 is 0 Å². The molecule has 0 radical (unpaired) electrons. The summed E-state index contributed by atoms with van der Waals surface area (Å²) >= 11 is 0. The molecule has 25 heavy (non-hydrogen) atoms. The fourth-order valence-corrected chi connectivity index (χ4v) is 3.22. The molecule has 132 valence electrons. The molecule has 0 bridgehead atoms. The third-order valence-electron chi connectivity index (χ3n) is 4.80. The molecule has 0 atom stereocenters. The van der Waals surface area contributed by atoms with Gasteiger partial charge >= 0.3 is 6.03 Å². The van der Waals surface area contributed by atoms with E-state index in [1.807, 2.05) is 17.0 Å². The smallest absolute Gasteiger partial charge is 0.317 e. The van der Waals surface area contributed by atoms with E-state index in [2.05, 4.69) is 60.5 Å². The van der Waals surface area contributed by atoms with Crippen molar-refractivity contribution < 1.29 is 4.79 Å². The number of amides is 2. The van der Waals surface area contributed by atoms with Crippen LogP contribution in [0, 0.1) is 6.92 Å². The molecule has 1 N–H and O–H groups in total. The lowest BCUT2D eigenvalue weighted by Gasteiger charge is -2.36. The van der Waals surface area contributed by atoms with E-state index in [0.29, 0.717) is 6.54 Å². The number of benzene rings is 2. The van der Waals surface area contributed by atoms with Crippen LogP contribution in [0.1, 0.15) is 23.6 Å². The Kier molecular flexibility index (Phi) is 5.59. The molecule has 1 aliphatic rings. The van der Waals surface area contributed by atoms with Gasteiger partial charge in [-0.15, -0.1) is 0 Å². The normalized spacial score (nSPS) is 14.5. The van der Waals surface area contributed by atoms with E-state index in [1.54, 1.807) is 0 Å². The van der Waals surface area contributed by atoms with Crippen LogP contribution in [0.5, 0.6) is 0 Å². The van der Waals surface area contributed by atoms with Gasteiger partial charge in [0.05, 0.1) is 0 Å². The standard InChI is InChI=1S/C21H27N3O/c1-3-18-7-9-20(10-8-18)23-11-13-24(14-12-23)21(25)22-16-19-6-4-5-17(2)15-19/h4-10,15H,3,11-14,16H2,1-2H3,(H,22,25). The van der Waals surface area contributed by atoms with E-state index in [-0.39, 0.29) is 6.03 Å². The van der Waals surface area contributed by atoms with Crippen LogP contribution in [0.4, 0.5) is 10.5 Å².